The van der Waals surface area contributed by atoms with Gasteiger partial charge in [0.05, 0.1) is 6.54 Å². The molecule has 0 radical (unpaired) electrons. The Kier molecular flexibility index (Phi) is 5.25. The maximum absolute atomic E-state index is 12.8. The van der Waals surface area contributed by atoms with E-state index in [1.165, 1.54) is 22.9 Å². The zero-order valence-electron chi connectivity index (χ0n) is 16.8. The van der Waals surface area contributed by atoms with E-state index in [2.05, 4.69) is 36.9 Å². The van der Waals surface area contributed by atoms with Gasteiger partial charge in [-0.15, -0.1) is 0 Å². The number of anilines is 1. The largest absolute Gasteiger partial charge is 0.454 e. The summed E-state index contributed by atoms with van der Waals surface area (Å²) in [5.74, 6) is 0.817. The third kappa shape index (κ3) is 3.97. The molecule has 1 amide bonds. The third-order valence-corrected chi connectivity index (χ3v) is 5.58. The highest BCUT2D eigenvalue weighted by Crippen LogP contribution is 2.24. The number of aromatic nitrogens is 1. The molecule has 1 aliphatic heterocycles. The normalized spacial score (nSPS) is 14.3. The summed E-state index contributed by atoms with van der Waals surface area (Å²) in [6.45, 7) is 7.47. The second-order valence-corrected chi connectivity index (χ2v) is 7.43. The van der Waals surface area contributed by atoms with Crippen molar-refractivity contribution in [3.63, 3.8) is 0 Å². The summed E-state index contributed by atoms with van der Waals surface area (Å²) in [5, 5.41) is 0. The number of aryl methyl sites for hydroxylation is 1. The van der Waals surface area contributed by atoms with Crippen LogP contribution in [0.15, 0.2) is 63.9 Å². The van der Waals surface area contributed by atoms with Gasteiger partial charge in [-0.3, -0.25) is 9.59 Å². The number of furan rings is 1. The molecule has 4 rings (SSSR count). The van der Waals surface area contributed by atoms with Crippen molar-refractivity contribution in [3.8, 4) is 0 Å². The SMILES string of the molecule is Cc1cccc(N2CCN(C(=O)c3ccc(Cn4ccccc4=O)o3)CC2)c1C. The highest BCUT2D eigenvalue weighted by atomic mass is 16.4. The molecule has 0 unspecified atom stereocenters. The van der Waals surface area contributed by atoms with E-state index >= 15 is 0 Å². The van der Waals surface area contributed by atoms with Crippen LogP contribution in [0.2, 0.25) is 0 Å². The fourth-order valence-corrected chi connectivity index (χ4v) is 3.72. The second-order valence-electron chi connectivity index (χ2n) is 7.43. The maximum atomic E-state index is 12.8. The summed E-state index contributed by atoms with van der Waals surface area (Å²) in [5.41, 5.74) is 3.71. The van der Waals surface area contributed by atoms with Gasteiger partial charge in [-0.25, -0.2) is 0 Å². The van der Waals surface area contributed by atoms with E-state index in [1.807, 2.05) is 4.90 Å². The number of nitrogens with zero attached hydrogens (tertiary/aromatic N) is 3. The molecule has 1 aromatic carbocycles. The fourth-order valence-electron chi connectivity index (χ4n) is 3.72. The number of piperazine rings is 1. The minimum atomic E-state index is -0.0997. The van der Waals surface area contributed by atoms with Crippen LogP contribution in [0.4, 0.5) is 5.69 Å². The minimum Gasteiger partial charge on any atom is -0.454 e. The van der Waals surface area contributed by atoms with Crippen molar-refractivity contribution in [2.45, 2.75) is 20.4 Å². The lowest BCUT2D eigenvalue weighted by Gasteiger charge is -2.36. The Morgan fingerprint density at radius 1 is 0.966 bits per heavy atom. The van der Waals surface area contributed by atoms with E-state index in [9.17, 15) is 9.59 Å². The average Bonchev–Trinajstić information content (AvgIpc) is 3.20. The zero-order valence-corrected chi connectivity index (χ0v) is 16.8. The van der Waals surface area contributed by atoms with Gasteiger partial charge < -0.3 is 18.8 Å². The molecule has 2 aromatic heterocycles. The van der Waals surface area contributed by atoms with Gasteiger partial charge in [0, 0.05) is 44.1 Å². The number of carbonyl (C=O) groups excluding carboxylic acids is 1. The summed E-state index contributed by atoms with van der Waals surface area (Å²) >= 11 is 0. The monoisotopic (exact) mass is 391 g/mol. The first-order valence-corrected chi connectivity index (χ1v) is 9.87. The first-order valence-electron chi connectivity index (χ1n) is 9.87. The number of amides is 1. The molecular formula is C23H25N3O3. The number of benzene rings is 1. The zero-order chi connectivity index (χ0) is 20.4. The molecule has 0 aliphatic carbocycles. The molecule has 1 aliphatic rings. The molecule has 0 N–H and O–H groups in total. The van der Waals surface area contributed by atoms with Crippen LogP contribution in [0.3, 0.4) is 0 Å². The second kappa shape index (κ2) is 7.99. The summed E-state index contributed by atoms with van der Waals surface area (Å²) in [7, 11) is 0. The Morgan fingerprint density at radius 3 is 2.52 bits per heavy atom. The first-order chi connectivity index (χ1) is 14.0. The van der Waals surface area contributed by atoms with E-state index in [0.29, 0.717) is 31.2 Å². The molecular weight excluding hydrogens is 366 g/mol. The Balaban J connectivity index is 1.40. The number of rotatable bonds is 4. The molecule has 1 saturated heterocycles. The maximum Gasteiger partial charge on any atom is 0.289 e. The van der Waals surface area contributed by atoms with Crippen LogP contribution in [0.5, 0.6) is 0 Å². The fraction of sp³-hybridized carbons (Fsp3) is 0.304. The van der Waals surface area contributed by atoms with Crippen molar-refractivity contribution in [1.82, 2.24) is 9.47 Å². The van der Waals surface area contributed by atoms with Crippen LogP contribution >= 0.6 is 0 Å². The van der Waals surface area contributed by atoms with Gasteiger partial charge in [-0.2, -0.15) is 0 Å². The Hall–Kier alpha value is -3.28. The number of pyridine rings is 1. The van der Waals surface area contributed by atoms with Crippen LogP contribution in [0.25, 0.3) is 0 Å². The Labute approximate surface area is 170 Å². The molecule has 150 valence electrons. The molecule has 0 saturated carbocycles. The van der Waals surface area contributed by atoms with E-state index in [0.717, 1.165) is 13.1 Å². The molecule has 0 spiro atoms. The molecule has 3 aromatic rings. The van der Waals surface area contributed by atoms with Crippen molar-refractivity contribution in [2.24, 2.45) is 0 Å². The summed E-state index contributed by atoms with van der Waals surface area (Å²) < 4.78 is 7.29. The molecule has 3 heterocycles. The quantitative estimate of drug-likeness (QED) is 0.686. The summed E-state index contributed by atoms with van der Waals surface area (Å²) in [6.07, 6.45) is 1.71. The molecule has 29 heavy (non-hydrogen) atoms. The average molecular weight is 391 g/mol. The van der Waals surface area contributed by atoms with Crippen LogP contribution in [0, 0.1) is 13.8 Å². The Morgan fingerprint density at radius 2 is 1.76 bits per heavy atom. The third-order valence-electron chi connectivity index (χ3n) is 5.58. The molecule has 6 nitrogen and oxygen atoms in total. The van der Waals surface area contributed by atoms with Crippen LogP contribution in [-0.4, -0.2) is 41.6 Å². The van der Waals surface area contributed by atoms with Crippen LogP contribution in [0.1, 0.15) is 27.4 Å². The number of hydrogen-bond acceptors (Lipinski definition) is 4. The highest BCUT2D eigenvalue weighted by molar-refractivity contribution is 5.91. The van der Waals surface area contributed by atoms with Gasteiger partial charge in [-0.1, -0.05) is 18.2 Å². The van der Waals surface area contributed by atoms with Gasteiger partial charge >= 0.3 is 0 Å². The molecule has 0 atom stereocenters. The lowest BCUT2D eigenvalue weighted by atomic mass is 10.1. The summed E-state index contributed by atoms with van der Waals surface area (Å²) in [6, 6.07) is 14.8. The van der Waals surface area contributed by atoms with Crippen LogP contribution < -0.4 is 10.5 Å². The van der Waals surface area contributed by atoms with Crippen molar-refractivity contribution in [1.29, 1.82) is 0 Å². The van der Waals surface area contributed by atoms with Gasteiger partial charge in [-0.05, 0) is 49.2 Å². The lowest BCUT2D eigenvalue weighted by molar-refractivity contribution is 0.0712. The van der Waals surface area contributed by atoms with Gasteiger partial charge in [0.25, 0.3) is 11.5 Å². The van der Waals surface area contributed by atoms with Crippen molar-refractivity contribution in [3.05, 3.63) is 87.7 Å². The minimum absolute atomic E-state index is 0.0978. The lowest BCUT2D eigenvalue weighted by Crippen LogP contribution is -2.49. The van der Waals surface area contributed by atoms with E-state index in [4.69, 9.17) is 4.42 Å². The topological polar surface area (TPSA) is 58.7 Å². The molecule has 6 heteroatoms. The number of hydrogen-bond donors (Lipinski definition) is 0. The van der Waals surface area contributed by atoms with E-state index < -0.39 is 0 Å². The smallest absolute Gasteiger partial charge is 0.289 e. The standard InChI is InChI=1S/C23H25N3O3/c1-17-6-5-7-20(18(17)2)24-12-14-25(15-13-24)23(28)21-10-9-19(29-21)16-26-11-4-3-8-22(26)27/h3-11H,12-16H2,1-2H3. The van der Waals surface area contributed by atoms with Crippen molar-refractivity contribution >= 4 is 11.6 Å². The van der Waals surface area contributed by atoms with Gasteiger partial charge in [0.1, 0.15) is 5.76 Å². The first kappa shape index (κ1) is 19.1. The van der Waals surface area contributed by atoms with Crippen molar-refractivity contribution in [2.75, 3.05) is 31.1 Å². The number of carbonyl (C=O) groups is 1. The predicted octanol–water partition coefficient (Wildman–Crippen LogP) is 3.07. The van der Waals surface area contributed by atoms with Gasteiger partial charge in [0.2, 0.25) is 0 Å². The molecule has 0 bridgehead atoms. The molecule has 1 fully saturated rings. The van der Waals surface area contributed by atoms with Crippen molar-refractivity contribution < 1.29 is 9.21 Å². The van der Waals surface area contributed by atoms with Crippen LogP contribution in [-0.2, 0) is 6.54 Å². The Bertz CT molecular complexity index is 1070. The van der Waals surface area contributed by atoms with Gasteiger partial charge in [0.15, 0.2) is 5.76 Å². The highest BCUT2D eigenvalue weighted by Gasteiger charge is 2.25. The van der Waals surface area contributed by atoms with E-state index in [1.54, 1.807) is 35.0 Å². The van der Waals surface area contributed by atoms with E-state index in [-0.39, 0.29) is 11.5 Å². The summed E-state index contributed by atoms with van der Waals surface area (Å²) in [4.78, 5) is 28.9. The predicted molar refractivity (Wildman–Crippen MR) is 113 cm³/mol.